The molecular weight excluding hydrogens is 170 g/mol. The largest absolute Gasteiger partial charge is 0.411 e. The van der Waals surface area contributed by atoms with Crippen molar-refractivity contribution in [3.63, 3.8) is 0 Å². The number of amidine groups is 1. The summed E-state index contributed by atoms with van der Waals surface area (Å²) in [5, 5.41) is 22.4. The van der Waals surface area contributed by atoms with Crippen molar-refractivity contribution in [1.29, 1.82) is 0 Å². The molecule has 0 radical (unpaired) electrons. The van der Waals surface area contributed by atoms with Crippen molar-refractivity contribution in [3.8, 4) is 0 Å². The van der Waals surface area contributed by atoms with Gasteiger partial charge in [-0.1, -0.05) is 28.5 Å². The molecule has 5 heteroatoms. The second-order valence-electron chi connectivity index (χ2n) is 2.36. The summed E-state index contributed by atoms with van der Waals surface area (Å²) < 4.78 is 0. The Balaban J connectivity index is 3.05. The quantitative estimate of drug-likeness (QED) is 0.268. The molecule has 0 heterocycles. The smallest absolute Gasteiger partial charge is 0.170 e. The number of rotatable bonds is 2. The summed E-state index contributed by atoms with van der Waals surface area (Å²) in [5.74, 6) is 0.0215. The number of nitrogens with zero attached hydrogens (tertiary/aromatic N) is 2. The summed E-state index contributed by atoms with van der Waals surface area (Å²) in [6.07, 6.45) is 1.26. The maximum absolute atomic E-state index is 8.39. The minimum absolute atomic E-state index is 0.0215. The molecule has 0 unspecified atom stereocenters. The normalized spacial score (nSPS) is 12.2. The first-order valence-electron chi connectivity index (χ1n) is 3.53. The predicted octanol–water partition coefficient (Wildman–Crippen LogP) is 0.589. The van der Waals surface area contributed by atoms with E-state index in [9.17, 15) is 0 Å². The van der Waals surface area contributed by atoms with Crippen LogP contribution < -0.4 is 5.73 Å². The molecule has 1 rings (SSSR count). The third-order valence-electron chi connectivity index (χ3n) is 1.50. The lowest BCUT2D eigenvalue weighted by Crippen LogP contribution is -2.13. The van der Waals surface area contributed by atoms with Crippen LogP contribution in [0, 0.1) is 0 Å². The Morgan fingerprint density at radius 3 is 2.77 bits per heavy atom. The van der Waals surface area contributed by atoms with E-state index in [0.29, 0.717) is 11.1 Å². The molecule has 0 aromatic heterocycles. The van der Waals surface area contributed by atoms with Gasteiger partial charge in [-0.3, -0.25) is 0 Å². The number of benzene rings is 1. The number of hydrogen-bond acceptors (Lipinski definition) is 4. The van der Waals surface area contributed by atoms with E-state index in [4.69, 9.17) is 16.1 Å². The third kappa shape index (κ3) is 2.19. The van der Waals surface area contributed by atoms with E-state index in [1.54, 1.807) is 24.3 Å². The Labute approximate surface area is 74.8 Å². The predicted molar refractivity (Wildman–Crippen MR) is 48.3 cm³/mol. The molecule has 0 saturated carbocycles. The lowest BCUT2D eigenvalue weighted by atomic mass is 10.1. The Morgan fingerprint density at radius 1 is 1.38 bits per heavy atom. The summed E-state index contributed by atoms with van der Waals surface area (Å²) in [6.45, 7) is 0. The van der Waals surface area contributed by atoms with Crippen molar-refractivity contribution in [3.05, 3.63) is 35.4 Å². The van der Waals surface area contributed by atoms with Crippen molar-refractivity contribution < 1.29 is 10.4 Å². The molecule has 0 bridgehead atoms. The van der Waals surface area contributed by atoms with Gasteiger partial charge in [0.1, 0.15) is 0 Å². The lowest BCUT2D eigenvalue weighted by molar-refractivity contribution is 0.318. The molecule has 0 saturated heterocycles. The van der Waals surface area contributed by atoms with Gasteiger partial charge in [-0.25, -0.2) is 0 Å². The van der Waals surface area contributed by atoms with E-state index in [-0.39, 0.29) is 5.84 Å². The van der Waals surface area contributed by atoms with Gasteiger partial charge < -0.3 is 16.1 Å². The van der Waals surface area contributed by atoms with Crippen molar-refractivity contribution in [2.45, 2.75) is 0 Å². The van der Waals surface area contributed by atoms with Gasteiger partial charge in [0.2, 0.25) is 0 Å². The van der Waals surface area contributed by atoms with Crippen molar-refractivity contribution in [2.75, 3.05) is 0 Å². The summed E-state index contributed by atoms with van der Waals surface area (Å²) in [6, 6.07) is 6.76. The number of hydrogen-bond donors (Lipinski definition) is 3. The highest BCUT2D eigenvalue weighted by molar-refractivity contribution is 5.98. The Hall–Kier alpha value is -2.04. The molecule has 0 fully saturated rings. The summed E-state index contributed by atoms with van der Waals surface area (Å²) >= 11 is 0. The zero-order chi connectivity index (χ0) is 9.68. The van der Waals surface area contributed by atoms with E-state index in [0.717, 1.165) is 0 Å². The van der Waals surface area contributed by atoms with Gasteiger partial charge in [-0.15, -0.1) is 0 Å². The maximum atomic E-state index is 8.39. The first-order valence-corrected chi connectivity index (χ1v) is 3.53. The Kier molecular flexibility index (Phi) is 2.86. The molecule has 1 aromatic carbocycles. The molecule has 0 aliphatic carbocycles. The molecule has 0 aliphatic heterocycles. The van der Waals surface area contributed by atoms with Gasteiger partial charge in [0, 0.05) is 5.56 Å². The van der Waals surface area contributed by atoms with E-state index in [1.807, 2.05) is 0 Å². The summed E-state index contributed by atoms with van der Waals surface area (Å²) in [4.78, 5) is 0. The molecule has 0 atom stereocenters. The molecule has 0 amide bonds. The fourth-order valence-corrected chi connectivity index (χ4v) is 0.903. The highest BCUT2D eigenvalue weighted by Gasteiger charge is 1.98. The highest BCUT2D eigenvalue weighted by Crippen LogP contribution is 2.02. The minimum atomic E-state index is 0.0215. The molecule has 5 nitrogen and oxygen atoms in total. The number of oxime groups is 2. The van der Waals surface area contributed by atoms with E-state index in [2.05, 4.69) is 10.3 Å². The standard InChI is InChI=1S/C8H9N3O2/c9-8(11-13)7-3-1-2-6(4-7)5-10-12/h1-5,12-13H,(H2,9,11)/b10-5-. The van der Waals surface area contributed by atoms with Crippen LogP contribution in [0.4, 0.5) is 0 Å². The second kappa shape index (κ2) is 4.10. The lowest BCUT2D eigenvalue weighted by Gasteiger charge is -1.98. The van der Waals surface area contributed by atoms with Crippen LogP contribution in [0.1, 0.15) is 11.1 Å². The van der Waals surface area contributed by atoms with E-state index >= 15 is 0 Å². The monoisotopic (exact) mass is 179 g/mol. The van der Waals surface area contributed by atoms with Crippen LogP contribution in [0.2, 0.25) is 0 Å². The van der Waals surface area contributed by atoms with Crippen LogP contribution in [-0.4, -0.2) is 22.5 Å². The Bertz CT molecular complexity index is 347. The number of nitrogens with two attached hydrogens (primary N) is 1. The van der Waals surface area contributed by atoms with Crippen LogP contribution in [0.15, 0.2) is 34.6 Å². The maximum Gasteiger partial charge on any atom is 0.170 e. The molecule has 68 valence electrons. The Morgan fingerprint density at radius 2 is 2.15 bits per heavy atom. The summed E-state index contributed by atoms with van der Waals surface area (Å²) in [7, 11) is 0. The third-order valence-corrected chi connectivity index (χ3v) is 1.50. The zero-order valence-corrected chi connectivity index (χ0v) is 6.75. The van der Waals surface area contributed by atoms with Crippen LogP contribution in [0.5, 0.6) is 0 Å². The molecule has 13 heavy (non-hydrogen) atoms. The fourth-order valence-electron chi connectivity index (χ4n) is 0.903. The average molecular weight is 179 g/mol. The molecule has 1 aromatic rings. The summed E-state index contributed by atoms with van der Waals surface area (Å²) in [5.41, 5.74) is 6.59. The van der Waals surface area contributed by atoms with Gasteiger partial charge in [0.25, 0.3) is 0 Å². The minimum Gasteiger partial charge on any atom is -0.411 e. The zero-order valence-electron chi connectivity index (χ0n) is 6.75. The fraction of sp³-hybridized carbons (Fsp3) is 0. The van der Waals surface area contributed by atoms with Crippen molar-refractivity contribution in [1.82, 2.24) is 0 Å². The van der Waals surface area contributed by atoms with Crippen molar-refractivity contribution >= 4 is 12.1 Å². The molecule has 0 spiro atoms. The van der Waals surface area contributed by atoms with Crippen LogP contribution in [0.25, 0.3) is 0 Å². The first kappa shape index (κ1) is 9.05. The molecule has 0 aliphatic rings. The van der Waals surface area contributed by atoms with Gasteiger partial charge in [-0.2, -0.15) is 0 Å². The molecule has 4 N–H and O–H groups in total. The molecular formula is C8H9N3O2. The second-order valence-corrected chi connectivity index (χ2v) is 2.36. The average Bonchev–Trinajstić information content (AvgIpc) is 2.18. The SMILES string of the molecule is NC(=NO)c1cccc(/C=N\O)c1. The van der Waals surface area contributed by atoms with E-state index < -0.39 is 0 Å². The van der Waals surface area contributed by atoms with Gasteiger partial charge >= 0.3 is 0 Å². The van der Waals surface area contributed by atoms with Gasteiger partial charge in [-0.05, 0) is 11.6 Å². The van der Waals surface area contributed by atoms with Crippen LogP contribution >= 0.6 is 0 Å². The van der Waals surface area contributed by atoms with Gasteiger partial charge in [0.05, 0.1) is 6.21 Å². The van der Waals surface area contributed by atoms with Crippen molar-refractivity contribution in [2.24, 2.45) is 16.0 Å². The first-order chi connectivity index (χ1) is 6.27. The topological polar surface area (TPSA) is 91.2 Å². The van der Waals surface area contributed by atoms with Crippen LogP contribution in [0.3, 0.4) is 0 Å². The van der Waals surface area contributed by atoms with E-state index in [1.165, 1.54) is 6.21 Å². The van der Waals surface area contributed by atoms with Gasteiger partial charge in [0.15, 0.2) is 5.84 Å². The highest BCUT2D eigenvalue weighted by atomic mass is 16.4. The van der Waals surface area contributed by atoms with Crippen LogP contribution in [-0.2, 0) is 0 Å².